The van der Waals surface area contributed by atoms with Gasteiger partial charge in [-0.2, -0.15) is 0 Å². The van der Waals surface area contributed by atoms with Crippen LogP contribution in [0.4, 0.5) is 0 Å². The first-order valence-corrected chi connectivity index (χ1v) is 12.5. The molecule has 0 unspecified atom stereocenters. The predicted octanol–water partition coefficient (Wildman–Crippen LogP) is 1.71. The van der Waals surface area contributed by atoms with Crippen molar-refractivity contribution >= 4 is 35.6 Å². The van der Waals surface area contributed by atoms with Crippen LogP contribution in [-0.4, -0.2) is 75.0 Å². The van der Waals surface area contributed by atoms with Gasteiger partial charge in [-0.15, -0.1) is 10.2 Å². The van der Waals surface area contributed by atoms with Gasteiger partial charge in [0.2, 0.25) is 5.91 Å². The molecule has 1 fully saturated rings. The molecule has 0 radical (unpaired) electrons. The molecule has 1 aromatic heterocycles. The first-order valence-electron chi connectivity index (χ1n) is 11.7. The Morgan fingerprint density at radius 1 is 0.973 bits per heavy atom. The number of carbonyl (C=O) groups is 4. The Bertz CT molecular complexity index is 1130. The summed E-state index contributed by atoms with van der Waals surface area (Å²) in [6.45, 7) is 7.14. The van der Waals surface area contributed by atoms with Crippen LogP contribution in [0, 0.1) is 0 Å². The van der Waals surface area contributed by atoms with E-state index in [1.165, 1.54) is 27.7 Å². The van der Waals surface area contributed by atoms with Gasteiger partial charge in [0.25, 0.3) is 0 Å². The summed E-state index contributed by atoms with van der Waals surface area (Å²) in [4.78, 5) is 47.6. The first kappa shape index (κ1) is 28.1. The van der Waals surface area contributed by atoms with Gasteiger partial charge in [0.1, 0.15) is 24.2 Å². The van der Waals surface area contributed by atoms with Crippen LogP contribution >= 0.6 is 11.8 Å². The second kappa shape index (κ2) is 12.7. The van der Waals surface area contributed by atoms with E-state index < -0.39 is 53.6 Å². The molecule has 37 heavy (non-hydrogen) atoms. The van der Waals surface area contributed by atoms with Gasteiger partial charge in [-0.3, -0.25) is 19.2 Å². The summed E-state index contributed by atoms with van der Waals surface area (Å²) in [5.74, 6) is -1.66. The molecule has 1 amide bonds. The molecule has 2 heterocycles. The fourth-order valence-corrected chi connectivity index (χ4v) is 5.16. The third kappa shape index (κ3) is 7.29. The highest BCUT2D eigenvalue weighted by Crippen LogP contribution is 2.36. The lowest BCUT2D eigenvalue weighted by atomic mass is 9.97. The minimum atomic E-state index is -1.15. The Kier molecular flexibility index (Phi) is 9.64. The lowest BCUT2D eigenvalue weighted by Crippen LogP contribution is -2.65. The summed E-state index contributed by atoms with van der Waals surface area (Å²) >= 11 is 1.15. The molecule has 1 saturated heterocycles. The van der Waals surface area contributed by atoms with Crippen molar-refractivity contribution in [3.05, 3.63) is 30.3 Å². The van der Waals surface area contributed by atoms with Gasteiger partial charge >= 0.3 is 17.9 Å². The van der Waals surface area contributed by atoms with E-state index in [4.69, 9.17) is 18.9 Å². The van der Waals surface area contributed by atoms with E-state index in [1.807, 2.05) is 41.8 Å². The molecule has 12 nitrogen and oxygen atoms in total. The van der Waals surface area contributed by atoms with Gasteiger partial charge < -0.3 is 28.8 Å². The number of aromatic nitrogens is 3. The fourth-order valence-electron chi connectivity index (χ4n) is 3.96. The van der Waals surface area contributed by atoms with Crippen molar-refractivity contribution in [1.29, 1.82) is 0 Å². The second-order valence-corrected chi connectivity index (χ2v) is 9.32. The van der Waals surface area contributed by atoms with Crippen LogP contribution in [-0.2, 0) is 44.7 Å². The molecule has 3 rings (SSSR count). The summed E-state index contributed by atoms with van der Waals surface area (Å²) in [7, 11) is 0. The van der Waals surface area contributed by atoms with Crippen LogP contribution in [0.1, 0.15) is 34.6 Å². The van der Waals surface area contributed by atoms with E-state index in [9.17, 15) is 19.2 Å². The Morgan fingerprint density at radius 3 is 2.19 bits per heavy atom. The monoisotopic (exact) mass is 534 g/mol. The standard InChI is InChI=1S/C24H30N4O8S/c1-6-28-22(17-10-8-7-9-11-17)26-27-24(28)37-23-19(25-13(2)29)21(35-16(5)32)20(34-15(4)31)18(36-23)12-33-14(3)30/h7-11,18-21,23H,6,12H2,1-5H3,(H,25,29)/t18-,19-,20-,21-,23-/m1/s1. The minimum absolute atomic E-state index is 0.273. The lowest BCUT2D eigenvalue weighted by Gasteiger charge is -2.44. The van der Waals surface area contributed by atoms with Gasteiger partial charge in [0, 0.05) is 39.8 Å². The molecule has 1 aromatic carbocycles. The molecule has 200 valence electrons. The highest BCUT2D eigenvalue weighted by molar-refractivity contribution is 7.99. The highest BCUT2D eigenvalue weighted by atomic mass is 32.2. The minimum Gasteiger partial charge on any atom is -0.463 e. The number of esters is 3. The van der Waals surface area contributed by atoms with Crippen molar-refractivity contribution in [3.8, 4) is 11.4 Å². The smallest absolute Gasteiger partial charge is 0.303 e. The average Bonchev–Trinajstić information content (AvgIpc) is 3.23. The molecule has 2 aromatic rings. The number of hydrogen-bond donors (Lipinski definition) is 1. The molecular weight excluding hydrogens is 504 g/mol. The molecule has 0 saturated carbocycles. The van der Waals surface area contributed by atoms with Gasteiger partial charge in [-0.05, 0) is 6.92 Å². The SMILES string of the molecule is CCn1c(S[C@H]2O[C@H](COC(C)=O)[C@@H](OC(C)=O)[C@H](OC(C)=O)[C@H]2NC(C)=O)nnc1-c1ccccc1. The van der Waals surface area contributed by atoms with Crippen LogP contribution in [0.25, 0.3) is 11.4 Å². The van der Waals surface area contributed by atoms with Crippen molar-refractivity contribution in [2.75, 3.05) is 6.61 Å². The maximum Gasteiger partial charge on any atom is 0.303 e. The molecule has 1 aliphatic heterocycles. The normalized spacial score (nSPS) is 23.1. The lowest BCUT2D eigenvalue weighted by molar-refractivity contribution is -0.211. The first-order chi connectivity index (χ1) is 17.6. The molecule has 0 bridgehead atoms. The van der Waals surface area contributed by atoms with E-state index in [1.54, 1.807) is 0 Å². The summed E-state index contributed by atoms with van der Waals surface area (Å²) in [5.41, 5.74) is -0.00846. The molecular formula is C24H30N4O8S. The van der Waals surface area contributed by atoms with Crippen LogP contribution in [0.2, 0.25) is 0 Å². The number of rotatable bonds is 9. The molecule has 1 N–H and O–H groups in total. The summed E-state index contributed by atoms with van der Waals surface area (Å²) in [6, 6.07) is 8.58. The Morgan fingerprint density at radius 2 is 1.62 bits per heavy atom. The van der Waals surface area contributed by atoms with Gasteiger partial charge in [-0.25, -0.2) is 0 Å². The van der Waals surface area contributed by atoms with Crippen molar-refractivity contribution < 1.29 is 38.1 Å². The average molecular weight is 535 g/mol. The number of benzene rings is 1. The molecule has 0 aliphatic carbocycles. The third-order valence-electron chi connectivity index (χ3n) is 5.36. The Balaban J connectivity index is 2.02. The van der Waals surface area contributed by atoms with Crippen LogP contribution in [0.5, 0.6) is 0 Å². The van der Waals surface area contributed by atoms with E-state index in [2.05, 4.69) is 15.5 Å². The summed E-state index contributed by atoms with van der Waals surface area (Å²) in [5, 5.41) is 11.9. The van der Waals surface area contributed by atoms with Crippen molar-refractivity contribution in [2.24, 2.45) is 0 Å². The van der Waals surface area contributed by atoms with E-state index >= 15 is 0 Å². The van der Waals surface area contributed by atoms with E-state index in [-0.39, 0.29) is 6.61 Å². The molecule has 1 aliphatic rings. The Hall–Kier alpha value is -3.45. The number of hydrogen-bond acceptors (Lipinski definition) is 11. The topological polar surface area (TPSA) is 148 Å². The van der Waals surface area contributed by atoms with E-state index in [0.717, 1.165) is 17.3 Å². The zero-order valence-electron chi connectivity index (χ0n) is 21.2. The maximum atomic E-state index is 12.2. The van der Waals surface area contributed by atoms with Crippen molar-refractivity contribution in [2.45, 2.75) is 76.1 Å². The number of thioether (sulfide) groups is 1. The van der Waals surface area contributed by atoms with Crippen molar-refractivity contribution in [3.63, 3.8) is 0 Å². The predicted molar refractivity (Wildman–Crippen MR) is 131 cm³/mol. The maximum absolute atomic E-state index is 12.2. The highest BCUT2D eigenvalue weighted by Gasteiger charge is 2.51. The zero-order chi connectivity index (χ0) is 27.1. The fraction of sp³-hybridized carbons (Fsp3) is 0.500. The van der Waals surface area contributed by atoms with Crippen LogP contribution in [0.3, 0.4) is 0 Å². The number of carbonyl (C=O) groups excluding carboxylic acids is 4. The molecule has 13 heteroatoms. The molecule has 0 spiro atoms. The number of ether oxygens (including phenoxy) is 4. The zero-order valence-corrected chi connectivity index (χ0v) is 22.0. The van der Waals surface area contributed by atoms with Crippen LogP contribution < -0.4 is 5.32 Å². The van der Waals surface area contributed by atoms with Crippen LogP contribution in [0.15, 0.2) is 35.5 Å². The van der Waals surface area contributed by atoms with Gasteiger partial charge in [-0.1, -0.05) is 42.1 Å². The van der Waals surface area contributed by atoms with Gasteiger partial charge in [0.05, 0.1) is 0 Å². The summed E-state index contributed by atoms with van der Waals surface area (Å²) in [6.07, 6.45) is -3.28. The quantitative estimate of drug-likeness (QED) is 0.370. The molecule has 5 atom stereocenters. The van der Waals surface area contributed by atoms with E-state index in [0.29, 0.717) is 17.5 Å². The number of amides is 1. The van der Waals surface area contributed by atoms with Crippen molar-refractivity contribution in [1.82, 2.24) is 20.1 Å². The second-order valence-electron chi connectivity index (χ2n) is 8.25. The Labute approximate surface area is 218 Å². The number of nitrogens with zero attached hydrogens (tertiary/aromatic N) is 3. The van der Waals surface area contributed by atoms with Gasteiger partial charge in [0.15, 0.2) is 23.2 Å². The third-order valence-corrected chi connectivity index (χ3v) is 6.51. The summed E-state index contributed by atoms with van der Waals surface area (Å²) < 4.78 is 24.2. The largest absolute Gasteiger partial charge is 0.463 e. The number of nitrogens with one attached hydrogen (secondary N) is 1.